The summed E-state index contributed by atoms with van der Waals surface area (Å²) in [5, 5.41) is 10.1. The minimum absolute atomic E-state index is 0.0331. The summed E-state index contributed by atoms with van der Waals surface area (Å²) in [7, 11) is -2.22. The van der Waals surface area contributed by atoms with E-state index in [4.69, 9.17) is 11.6 Å². The van der Waals surface area contributed by atoms with Crippen molar-refractivity contribution in [2.45, 2.75) is 49.5 Å². The van der Waals surface area contributed by atoms with Gasteiger partial charge in [-0.2, -0.15) is 4.31 Å². The van der Waals surface area contributed by atoms with E-state index in [1.807, 2.05) is 0 Å². The largest absolute Gasteiger partial charge is 0.351 e. The lowest BCUT2D eigenvalue weighted by molar-refractivity contribution is -0.0847. The van der Waals surface area contributed by atoms with Gasteiger partial charge < -0.3 is 5.32 Å². The molecule has 35 heavy (non-hydrogen) atoms. The zero-order valence-electron chi connectivity index (χ0n) is 19.2. The number of nitrogens with zero attached hydrogens (tertiary/aromatic N) is 4. The van der Waals surface area contributed by atoms with Crippen molar-refractivity contribution in [1.29, 1.82) is 0 Å². The molecule has 0 bridgehead atoms. The molecule has 0 atom stereocenters. The first kappa shape index (κ1) is 25.9. The van der Waals surface area contributed by atoms with E-state index in [-0.39, 0.29) is 66.8 Å². The van der Waals surface area contributed by atoms with Crippen LogP contribution in [0.3, 0.4) is 0 Å². The van der Waals surface area contributed by atoms with Gasteiger partial charge in [0.15, 0.2) is 0 Å². The Bertz CT molecular complexity index is 1190. The minimum atomic E-state index is -3.80. The van der Waals surface area contributed by atoms with Crippen LogP contribution in [0.2, 0.25) is 5.02 Å². The third-order valence-corrected chi connectivity index (χ3v) is 9.33. The first-order chi connectivity index (χ1) is 16.4. The third kappa shape index (κ3) is 5.49. The van der Waals surface area contributed by atoms with Crippen molar-refractivity contribution in [1.82, 2.24) is 24.6 Å². The fraction of sp³-hybridized carbons (Fsp3) is 0.591. The fourth-order valence-corrected chi connectivity index (χ4v) is 6.79. The summed E-state index contributed by atoms with van der Waals surface area (Å²) in [6.07, 6.45) is 2.10. The molecule has 2 heterocycles. The van der Waals surface area contributed by atoms with Crippen molar-refractivity contribution in [3.63, 3.8) is 0 Å². The Morgan fingerprint density at radius 2 is 1.86 bits per heavy atom. The smallest absolute Gasteiger partial charge is 0.264 e. The van der Waals surface area contributed by atoms with Crippen molar-refractivity contribution in [2.75, 3.05) is 19.6 Å². The molecule has 1 saturated carbocycles. The van der Waals surface area contributed by atoms with Crippen LogP contribution in [0.5, 0.6) is 0 Å². The van der Waals surface area contributed by atoms with E-state index in [9.17, 15) is 26.4 Å². The van der Waals surface area contributed by atoms with Gasteiger partial charge in [0.25, 0.3) is 15.9 Å². The fourth-order valence-electron chi connectivity index (χ4n) is 5.15. The lowest BCUT2D eigenvalue weighted by atomic mass is 9.62. The molecule has 2 aromatic rings. The quantitative estimate of drug-likeness (QED) is 0.611. The maximum Gasteiger partial charge on any atom is 0.264 e. The topological polar surface area (TPSA) is 97.2 Å². The number of carbonyl (C=O) groups is 1. The number of piperidine rings is 1. The summed E-state index contributed by atoms with van der Waals surface area (Å²) in [6, 6.07) is 3.45. The number of amides is 1. The SMILES string of the molecule is Cn1cc(S(=O)(=O)N2CCC(C3(CNC(=O)c4ccc(F)cc4Cl)CCC(F)(F)CC3)CC2)nn1. The van der Waals surface area contributed by atoms with E-state index in [0.29, 0.717) is 12.8 Å². The number of halogens is 4. The molecule has 1 N–H and O–H groups in total. The van der Waals surface area contributed by atoms with Gasteiger partial charge >= 0.3 is 0 Å². The Morgan fingerprint density at radius 3 is 2.43 bits per heavy atom. The molecule has 13 heteroatoms. The van der Waals surface area contributed by atoms with Gasteiger partial charge in [-0.05, 0) is 55.2 Å². The molecule has 1 aromatic heterocycles. The van der Waals surface area contributed by atoms with Gasteiger partial charge in [-0.15, -0.1) is 5.10 Å². The molecule has 0 spiro atoms. The summed E-state index contributed by atoms with van der Waals surface area (Å²) < 4.78 is 69.9. The molecule has 192 valence electrons. The number of aryl methyl sites for hydroxylation is 1. The first-order valence-electron chi connectivity index (χ1n) is 11.4. The monoisotopic (exact) mass is 533 g/mol. The number of hydrogen-bond acceptors (Lipinski definition) is 5. The predicted molar refractivity (Wildman–Crippen MR) is 122 cm³/mol. The molecule has 4 rings (SSSR count). The van der Waals surface area contributed by atoms with Gasteiger partial charge in [-0.25, -0.2) is 21.6 Å². The van der Waals surface area contributed by atoms with Crippen LogP contribution in [0.25, 0.3) is 0 Å². The zero-order valence-corrected chi connectivity index (χ0v) is 20.8. The number of aromatic nitrogens is 3. The van der Waals surface area contributed by atoms with Crippen molar-refractivity contribution < 1.29 is 26.4 Å². The van der Waals surface area contributed by atoms with Gasteiger partial charge in [0.05, 0.1) is 16.8 Å². The second kappa shape index (κ2) is 9.70. The van der Waals surface area contributed by atoms with Crippen LogP contribution in [0.4, 0.5) is 13.2 Å². The average molecular weight is 534 g/mol. The van der Waals surface area contributed by atoms with Crippen LogP contribution in [0.1, 0.15) is 48.9 Å². The number of nitrogens with one attached hydrogen (secondary N) is 1. The second-order valence-electron chi connectivity index (χ2n) is 9.43. The number of rotatable bonds is 6. The highest BCUT2D eigenvalue weighted by atomic mass is 35.5. The van der Waals surface area contributed by atoms with Crippen LogP contribution in [-0.2, 0) is 17.1 Å². The van der Waals surface area contributed by atoms with Crippen LogP contribution in [0.15, 0.2) is 29.4 Å². The summed E-state index contributed by atoms with van der Waals surface area (Å²) in [5.41, 5.74) is -0.499. The molecule has 0 radical (unpaired) electrons. The Hall–Kier alpha value is -2.18. The van der Waals surface area contributed by atoms with E-state index in [1.54, 1.807) is 7.05 Å². The molecular weight excluding hydrogens is 507 g/mol. The highest BCUT2D eigenvalue weighted by molar-refractivity contribution is 7.89. The van der Waals surface area contributed by atoms with Crippen molar-refractivity contribution >= 4 is 27.5 Å². The van der Waals surface area contributed by atoms with Crippen LogP contribution >= 0.6 is 11.6 Å². The summed E-state index contributed by atoms with van der Waals surface area (Å²) >= 11 is 6.00. The van der Waals surface area contributed by atoms with Crippen molar-refractivity contribution in [2.24, 2.45) is 18.4 Å². The normalized spacial score (nSPS) is 21.1. The van der Waals surface area contributed by atoms with E-state index < -0.39 is 33.1 Å². The molecule has 2 aliphatic rings. The first-order valence-corrected chi connectivity index (χ1v) is 13.2. The number of alkyl halides is 2. The molecule has 2 fully saturated rings. The minimum Gasteiger partial charge on any atom is -0.351 e. The van der Waals surface area contributed by atoms with Gasteiger partial charge in [0.2, 0.25) is 10.9 Å². The average Bonchev–Trinajstić information content (AvgIpc) is 3.26. The number of benzene rings is 1. The molecule has 8 nitrogen and oxygen atoms in total. The van der Waals surface area contributed by atoms with E-state index in [2.05, 4.69) is 15.6 Å². The third-order valence-electron chi connectivity index (χ3n) is 7.26. The van der Waals surface area contributed by atoms with Gasteiger partial charge in [0, 0.05) is 39.5 Å². The van der Waals surface area contributed by atoms with E-state index >= 15 is 0 Å². The van der Waals surface area contributed by atoms with Crippen molar-refractivity contribution in [3.8, 4) is 0 Å². The Labute approximate surface area is 206 Å². The molecule has 1 aliphatic heterocycles. The van der Waals surface area contributed by atoms with E-state index in [1.165, 1.54) is 21.3 Å². The maximum atomic E-state index is 14.0. The highest BCUT2D eigenvalue weighted by Gasteiger charge is 2.49. The van der Waals surface area contributed by atoms with Crippen molar-refractivity contribution in [3.05, 3.63) is 40.8 Å². The Balaban J connectivity index is 1.47. The molecule has 1 amide bonds. The standard InChI is InChI=1S/C22H27ClF3N5O3S/c1-30-13-19(28-29-30)35(33,34)31-10-4-15(5-11-31)21(6-8-22(25,26)9-7-21)14-27-20(32)17-3-2-16(24)12-18(17)23/h2-3,12-13,15H,4-11,14H2,1H3,(H,27,32). The Morgan fingerprint density at radius 1 is 1.20 bits per heavy atom. The molecule has 1 saturated heterocycles. The summed E-state index contributed by atoms with van der Waals surface area (Å²) in [4.78, 5) is 12.7. The summed E-state index contributed by atoms with van der Waals surface area (Å²) in [5.74, 6) is -3.89. The van der Waals surface area contributed by atoms with Gasteiger partial charge in [0.1, 0.15) is 5.82 Å². The van der Waals surface area contributed by atoms with Gasteiger partial charge in [-0.3, -0.25) is 9.48 Å². The van der Waals surface area contributed by atoms with Crippen LogP contribution in [0, 0.1) is 17.2 Å². The van der Waals surface area contributed by atoms with Gasteiger partial charge in [-0.1, -0.05) is 16.8 Å². The molecule has 1 aliphatic carbocycles. The predicted octanol–water partition coefficient (Wildman–Crippen LogP) is 3.63. The van der Waals surface area contributed by atoms with Crippen LogP contribution < -0.4 is 5.32 Å². The maximum absolute atomic E-state index is 14.0. The van der Waals surface area contributed by atoms with E-state index in [0.717, 1.165) is 12.1 Å². The Kier molecular flexibility index (Phi) is 7.18. The number of carbonyl (C=O) groups excluding carboxylic acids is 1. The second-order valence-corrected chi connectivity index (χ2v) is 11.7. The highest BCUT2D eigenvalue weighted by Crippen LogP contribution is 2.50. The molecule has 1 aromatic carbocycles. The number of sulfonamides is 1. The molecule has 0 unspecified atom stereocenters. The lowest BCUT2D eigenvalue weighted by Gasteiger charge is -2.48. The zero-order chi connectivity index (χ0) is 25.4. The number of hydrogen-bond donors (Lipinski definition) is 1. The lowest BCUT2D eigenvalue weighted by Crippen LogP contribution is -2.50. The summed E-state index contributed by atoms with van der Waals surface area (Å²) in [6.45, 7) is 0.593. The van der Waals surface area contributed by atoms with Crippen LogP contribution in [-0.4, -0.2) is 59.2 Å². The molecular formula is C22H27ClF3N5O3S.